The van der Waals surface area contributed by atoms with Crippen molar-refractivity contribution in [3.05, 3.63) is 76.5 Å². The van der Waals surface area contributed by atoms with Gasteiger partial charge in [0.05, 0.1) is 22.0 Å². The molecule has 0 aliphatic heterocycles. The van der Waals surface area contributed by atoms with Crippen molar-refractivity contribution in [3.63, 3.8) is 0 Å². The Morgan fingerprint density at radius 3 is 2.42 bits per heavy atom. The molecule has 0 aliphatic rings. The quantitative estimate of drug-likeness (QED) is 0.401. The number of hydrogen-bond donors (Lipinski definition) is 2. The van der Waals surface area contributed by atoms with Gasteiger partial charge in [0.25, 0.3) is 5.91 Å². The van der Waals surface area contributed by atoms with Crippen LogP contribution < -0.4 is 10.0 Å². The summed E-state index contributed by atoms with van der Waals surface area (Å²) in [6.07, 6.45) is 0. The molecule has 0 saturated heterocycles. The lowest BCUT2D eigenvalue weighted by molar-refractivity contribution is 0.103. The maximum Gasteiger partial charge on any atom is 0.265 e. The van der Waals surface area contributed by atoms with Gasteiger partial charge >= 0.3 is 0 Å². The topological polar surface area (TPSA) is 93.1 Å². The van der Waals surface area contributed by atoms with Crippen molar-refractivity contribution in [2.45, 2.75) is 38.3 Å². The van der Waals surface area contributed by atoms with Gasteiger partial charge in [-0.25, -0.2) is 17.5 Å². The molecular weight excluding hydrogens is 463 g/mol. The third-order valence-corrected chi connectivity index (χ3v) is 7.71. The van der Waals surface area contributed by atoms with Crippen LogP contribution >= 0.6 is 11.3 Å². The molecular formula is C23H23FN4O3S2. The summed E-state index contributed by atoms with van der Waals surface area (Å²) >= 11 is 1.32. The van der Waals surface area contributed by atoms with Gasteiger partial charge in [-0.05, 0) is 68.8 Å². The molecule has 2 N–H and O–H groups in total. The van der Waals surface area contributed by atoms with Gasteiger partial charge in [0.2, 0.25) is 10.0 Å². The van der Waals surface area contributed by atoms with Gasteiger partial charge in [0, 0.05) is 17.1 Å². The first-order chi connectivity index (χ1) is 15.6. The van der Waals surface area contributed by atoms with Crippen LogP contribution in [0.5, 0.6) is 0 Å². The first-order valence-corrected chi connectivity index (χ1v) is 12.6. The lowest BCUT2D eigenvalue weighted by Crippen LogP contribution is -2.30. The third-order valence-electron chi connectivity index (χ3n) is 4.89. The Kier molecular flexibility index (Phi) is 6.33. The largest absolute Gasteiger partial charge is 0.321 e. The second-order valence-corrected chi connectivity index (χ2v) is 10.7. The molecule has 0 atom stereocenters. The number of aryl methyl sites for hydroxylation is 1. The normalized spacial score (nSPS) is 11.9. The van der Waals surface area contributed by atoms with Crippen LogP contribution in [-0.2, 0) is 16.6 Å². The molecule has 2 aromatic carbocycles. The number of carbonyl (C=O) groups excluding carboxylic acids is 1. The molecule has 7 nitrogen and oxygen atoms in total. The molecule has 2 aromatic heterocycles. The number of amides is 1. The first kappa shape index (κ1) is 23.1. The lowest BCUT2D eigenvalue weighted by atomic mass is 10.2. The second kappa shape index (κ2) is 9.05. The van der Waals surface area contributed by atoms with Crippen molar-refractivity contribution in [1.29, 1.82) is 0 Å². The fraction of sp³-hybridized carbons (Fsp3) is 0.217. The number of rotatable bonds is 7. The van der Waals surface area contributed by atoms with E-state index in [1.807, 2.05) is 6.92 Å². The Labute approximate surface area is 195 Å². The minimum atomic E-state index is -3.60. The molecule has 10 heteroatoms. The van der Waals surface area contributed by atoms with E-state index < -0.39 is 10.0 Å². The summed E-state index contributed by atoms with van der Waals surface area (Å²) in [5.41, 5.74) is 2.20. The zero-order valence-corrected chi connectivity index (χ0v) is 19.9. The summed E-state index contributed by atoms with van der Waals surface area (Å²) in [6.45, 7) is 5.84. The van der Waals surface area contributed by atoms with Gasteiger partial charge in [0.15, 0.2) is 0 Å². The highest BCUT2D eigenvalue weighted by Crippen LogP contribution is 2.29. The number of benzene rings is 2. The molecule has 1 amide bonds. The maximum absolute atomic E-state index is 13.2. The fourth-order valence-electron chi connectivity index (χ4n) is 3.38. The minimum Gasteiger partial charge on any atom is -0.321 e. The van der Waals surface area contributed by atoms with E-state index in [1.165, 1.54) is 35.6 Å². The van der Waals surface area contributed by atoms with E-state index in [9.17, 15) is 17.6 Å². The number of aromatic nitrogens is 2. The molecule has 0 radical (unpaired) electrons. The molecule has 4 aromatic rings. The molecule has 0 saturated carbocycles. The van der Waals surface area contributed by atoms with E-state index in [1.54, 1.807) is 48.9 Å². The zero-order chi connectivity index (χ0) is 23.8. The van der Waals surface area contributed by atoms with E-state index >= 15 is 0 Å². The molecule has 172 valence electrons. The first-order valence-electron chi connectivity index (χ1n) is 10.3. The summed E-state index contributed by atoms with van der Waals surface area (Å²) in [5, 5.41) is 8.23. The van der Waals surface area contributed by atoms with Gasteiger partial charge in [-0.1, -0.05) is 12.1 Å². The molecule has 4 rings (SSSR count). The Hall–Kier alpha value is -3.08. The molecule has 33 heavy (non-hydrogen) atoms. The van der Waals surface area contributed by atoms with E-state index in [4.69, 9.17) is 0 Å². The Morgan fingerprint density at radius 1 is 1.12 bits per heavy atom. The average molecular weight is 487 g/mol. The SMILES string of the molecule is Cc1nn(Cc2ccc(F)cc2)c2sc(C(=O)Nc3ccc(S(=O)(=O)NC(C)C)cc3)cc12. The Bertz CT molecular complexity index is 1410. The van der Waals surface area contributed by atoms with Gasteiger partial charge in [-0.3, -0.25) is 9.48 Å². The van der Waals surface area contributed by atoms with Crippen LogP contribution in [0.3, 0.4) is 0 Å². The number of carbonyl (C=O) groups is 1. The van der Waals surface area contributed by atoms with E-state index in [0.29, 0.717) is 17.1 Å². The van der Waals surface area contributed by atoms with Gasteiger partial charge in [0.1, 0.15) is 10.6 Å². The van der Waals surface area contributed by atoms with Crippen molar-refractivity contribution in [2.75, 3.05) is 5.32 Å². The van der Waals surface area contributed by atoms with Crippen LogP contribution in [0.15, 0.2) is 59.5 Å². The number of hydrogen-bond acceptors (Lipinski definition) is 5. The van der Waals surface area contributed by atoms with Crippen LogP contribution in [0, 0.1) is 12.7 Å². The summed E-state index contributed by atoms with van der Waals surface area (Å²) < 4.78 is 42.0. The van der Waals surface area contributed by atoms with Crippen LogP contribution in [0.25, 0.3) is 10.2 Å². The number of halogens is 1. The average Bonchev–Trinajstić information content (AvgIpc) is 3.31. The fourth-order valence-corrected chi connectivity index (χ4v) is 5.69. The van der Waals surface area contributed by atoms with Gasteiger partial charge in [-0.15, -0.1) is 11.3 Å². The molecule has 0 fully saturated rings. The van der Waals surface area contributed by atoms with E-state index in [2.05, 4.69) is 15.1 Å². The number of thiophene rings is 1. The Balaban J connectivity index is 1.52. The Morgan fingerprint density at radius 2 is 1.79 bits per heavy atom. The third kappa shape index (κ3) is 5.13. The van der Waals surface area contributed by atoms with Crippen molar-refractivity contribution < 1.29 is 17.6 Å². The molecule has 0 aliphatic carbocycles. The van der Waals surface area contributed by atoms with E-state index in [-0.39, 0.29) is 22.7 Å². The molecule has 0 bridgehead atoms. The van der Waals surface area contributed by atoms with Gasteiger partial charge in [-0.2, -0.15) is 5.10 Å². The highest BCUT2D eigenvalue weighted by molar-refractivity contribution is 7.89. The van der Waals surface area contributed by atoms with Crippen molar-refractivity contribution >= 4 is 43.2 Å². The number of nitrogens with one attached hydrogen (secondary N) is 2. The predicted octanol–water partition coefficient (Wildman–Crippen LogP) is 4.53. The minimum absolute atomic E-state index is 0.132. The number of anilines is 1. The smallest absolute Gasteiger partial charge is 0.265 e. The van der Waals surface area contributed by atoms with E-state index in [0.717, 1.165) is 21.5 Å². The molecule has 2 heterocycles. The van der Waals surface area contributed by atoms with Crippen LogP contribution in [0.1, 0.15) is 34.8 Å². The zero-order valence-electron chi connectivity index (χ0n) is 18.3. The van der Waals surface area contributed by atoms with Crippen molar-refractivity contribution in [2.24, 2.45) is 0 Å². The molecule has 0 unspecified atom stereocenters. The van der Waals surface area contributed by atoms with Crippen LogP contribution in [0.4, 0.5) is 10.1 Å². The second-order valence-electron chi connectivity index (χ2n) is 7.95. The number of nitrogens with zero attached hydrogens (tertiary/aromatic N) is 2. The summed E-state index contributed by atoms with van der Waals surface area (Å²) in [5.74, 6) is -0.586. The number of fused-ring (bicyclic) bond motifs is 1. The van der Waals surface area contributed by atoms with Crippen LogP contribution in [-0.4, -0.2) is 30.1 Å². The van der Waals surface area contributed by atoms with Crippen molar-refractivity contribution in [3.8, 4) is 0 Å². The standard InChI is InChI=1S/C23H23FN4O3S2/c1-14(2)27-33(30,31)19-10-8-18(9-11-19)25-22(29)21-12-20-15(3)26-28(23(20)32-21)13-16-4-6-17(24)7-5-16/h4-12,14,27H,13H2,1-3H3,(H,25,29). The highest BCUT2D eigenvalue weighted by atomic mass is 32.2. The van der Waals surface area contributed by atoms with Crippen molar-refractivity contribution in [1.82, 2.24) is 14.5 Å². The highest BCUT2D eigenvalue weighted by Gasteiger charge is 2.18. The summed E-state index contributed by atoms with van der Waals surface area (Å²) in [6, 6.07) is 13.8. The maximum atomic E-state index is 13.2. The van der Waals surface area contributed by atoms with Gasteiger partial charge < -0.3 is 5.32 Å². The predicted molar refractivity (Wildman–Crippen MR) is 128 cm³/mol. The lowest BCUT2D eigenvalue weighted by Gasteiger charge is -2.10. The number of sulfonamides is 1. The monoisotopic (exact) mass is 486 g/mol. The summed E-state index contributed by atoms with van der Waals surface area (Å²) in [4.78, 5) is 14.3. The molecule has 0 spiro atoms. The summed E-state index contributed by atoms with van der Waals surface area (Å²) in [7, 11) is -3.60. The van der Waals surface area contributed by atoms with Crippen LogP contribution in [0.2, 0.25) is 0 Å².